The van der Waals surface area contributed by atoms with E-state index in [0.29, 0.717) is 5.65 Å². The van der Waals surface area contributed by atoms with E-state index in [-0.39, 0.29) is 17.1 Å². The van der Waals surface area contributed by atoms with Gasteiger partial charge >= 0.3 is 0 Å². The van der Waals surface area contributed by atoms with E-state index in [1.165, 1.54) is 0 Å². The molecule has 0 radical (unpaired) electrons. The molecule has 96 valence electrons. The molecule has 1 aromatic carbocycles. The summed E-state index contributed by atoms with van der Waals surface area (Å²) in [5.74, 6) is -3.81. The average Bonchev–Trinajstić information content (AvgIpc) is 2.73. The van der Waals surface area contributed by atoms with Crippen LogP contribution in [0.1, 0.15) is 0 Å². The number of anilines is 1. The van der Waals surface area contributed by atoms with Gasteiger partial charge in [-0.25, -0.2) is 18.2 Å². The number of benzene rings is 1. The summed E-state index contributed by atoms with van der Waals surface area (Å²) in [6.07, 6.45) is 1.68. The summed E-state index contributed by atoms with van der Waals surface area (Å²) in [4.78, 5) is 4.18. The van der Waals surface area contributed by atoms with Gasteiger partial charge in [0.05, 0.1) is 0 Å². The highest BCUT2D eigenvalue weighted by Gasteiger charge is 2.16. The first-order valence-electron chi connectivity index (χ1n) is 5.45. The number of hydrogen-bond donors (Lipinski definition) is 1. The van der Waals surface area contributed by atoms with Crippen LogP contribution in [0, 0.1) is 17.5 Å². The Morgan fingerprint density at radius 2 is 1.74 bits per heavy atom. The number of nitrogens with two attached hydrogens (primary N) is 1. The van der Waals surface area contributed by atoms with E-state index in [0.717, 1.165) is 12.1 Å². The topological polar surface area (TPSA) is 43.3 Å². The molecule has 0 saturated carbocycles. The third-order valence-corrected chi connectivity index (χ3v) is 2.82. The molecule has 0 spiro atoms. The van der Waals surface area contributed by atoms with E-state index in [1.807, 2.05) is 0 Å². The van der Waals surface area contributed by atoms with Crippen LogP contribution in [0.25, 0.3) is 16.9 Å². The molecular formula is C13H8F3N3. The Labute approximate surface area is 106 Å². The highest BCUT2D eigenvalue weighted by Crippen LogP contribution is 2.28. The second-order valence-electron chi connectivity index (χ2n) is 4.03. The second kappa shape index (κ2) is 4.01. The van der Waals surface area contributed by atoms with Crippen molar-refractivity contribution in [3.8, 4) is 11.3 Å². The fourth-order valence-electron chi connectivity index (χ4n) is 1.92. The molecule has 0 aliphatic carbocycles. The van der Waals surface area contributed by atoms with Crippen molar-refractivity contribution in [3.63, 3.8) is 0 Å². The fraction of sp³-hybridized carbons (Fsp3) is 0. The summed E-state index contributed by atoms with van der Waals surface area (Å²) < 4.78 is 40.9. The van der Waals surface area contributed by atoms with Crippen LogP contribution in [0.15, 0.2) is 36.5 Å². The van der Waals surface area contributed by atoms with Gasteiger partial charge < -0.3 is 5.73 Å². The maximum Gasteiger partial charge on any atom is 0.194 e. The largest absolute Gasteiger partial charge is 0.383 e. The van der Waals surface area contributed by atoms with Crippen molar-refractivity contribution in [2.75, 3.05) is 5.73 Å². The number of fused-ring (bicyclic) bond motifs is 1. The highest BCUT2D eigenvalue weighted by molar-refractivity contribution is 5.74. The molecule has 0 aliphatic heterocycles. The number of nitrogens with zero attached hydrogens (tertiary/aromatic N) is 2. The molecular weight excluding hydrogens is 255 g/mol. The fourth-order valence-corrected chi connectivity index (χ4v) is 1.92. The van der Waals surface area contributed by atoms with Gasteiger partial charge in [-0.15, -0.1) is 0 Å². The summed E-state index contributed by atoms with van der Waals surface area (Å²) in [5.41, 5.74) is 6.72. The lowest BCUT2D eigenvalue weighted by Gasteiger charge is -2.01. The highest BCUT2D eigenvalue weighted by atomic mass is 19.2. The van der Waals surface area contributed by atoms with Crippen molar-refractivity contribution < 1.29 is 13.2 Å². The smallest absolute Gasteiger partial charge is 0.194 e. The van der Waals surface area contributed by atoms with Gasteiger partial charge in [-0.1, -0.05) is 6.07 Å². The zero-order valence-electron chi connectivity index (χ0n) is 9.57. The van der Waals surface area contributed by atoms with E-state index in [9.17, 15) is 13.2 Å². The first-order chi connectivity index (χ1) is 9.08. The third-order valence-electron chi connectivity index (χ3n) is 2.82. The summed E-state index contributed by atoms with van der Waals surface area (Å²) >= 11 is 0. The average molecular weight is 263 g/mol. The van der Waals surface area contributed by atoms with Gasteiger partial charge in [0.2, 0.25) is 0 Å². The van der Waals surface area contributed by atoms with Gasteiger partial charge in [-0.3, -0.25) is 4.40 Å². The van der Waals surface area contributed by atoms with Crippen LogP contribution < -0.4 is 5.73 Å². The third kappa shape index (κ3) is 1.72. The number of halogens is 3. The Kier molecular flexibility index (Phi) is 2.45. The van der Waals surface area contributed by atoms with Crippen molar-refractivity contribution in [1.82, 2.24) is 9.38 Å². The summed E-state index contributed by atoms with van der Waals surface area (Å²) in [6, 6.07) is 6.96. The zero-order chi connectivity index (χ0) is 13.6. The molecule has 3 aromatic rings. The van der Waals surface area contributed by atoms with Gasteiger partial charge in [0.15, 0.2) is 17.5 Å². The molecule has 2 heterocycles. The number of aromatic nitrogens is 2. The Bertz CT molecular complexity index is 757. The molecule has 6 heteroatoms. The first kappa shape index (κ1) is 11.6. The van der Waals surface area contributed by atoms with Crippen LogP contribution in [0.3, 0.4) is 0 Å². The van der Waals surface area contributed by atoms with Gasteiger partial charge in [-0.05, 0) is 24.3 Å². The normalized spacial score (nSPS) is 11.1. The lowest BCUT2D eigenvalue weighted by molar-refractivity contribution is 0.447. The molecule has 0 amide bonds. The van der Waals surface area contributed by atoms with Crippen molar-refractivity contribution >= 4 is 11.5 Å². The number of rotatable bonds is 1. The summed E-state index contributed by atoms with van der Waals surface area (Å²) in [6.45, 7) is 0. The molecule has 0 bridgehead atoms. The van der Waals surface area contributed by atoms with Crippen molar-refractivity contribution in [2.24, 2.45) is 0 Å². The van der Waals surface area contributed by atoms with Crippen LogP contribution in [0.5, 0.6) is 0 Å². The predicted octanol–water partition coefficient (Wildman–Crippen LogP) is 3.00. The van der Waals surface area contributed by atoms with Crippen molar-refractivity contribution in [2.45, 2.75) is 0 Å². The SMILES string of the molecule is Nc1c(-c2cc(F)c(F)c(F)c2)nc2ccccn12. The first-order valence-corrected chi connectivity index (χ1v) is 5.45. The Morgan fingerprint density at radius 1 is 1.05 bits per heavy atom. The Morgan fingerprint density at radius 3 is 2.37 bits per heavy atom. The maximum absolute atomic E-state index is 13.2. The Hall–Kier alpha value is -2.50. The number of hydrogen-bond acceptors (Lipinski definition) is 2. The van der Waals surface area contributed by atoms with Gasteiger partial charge in [0, 0.05) is 11.8 Å². The van der Waals surface area contributed by atoms with Gasteiger partial charge in [0.1, 0.15) is 17.2 Å². The minimum atomic E-state index is -1.51. The van der Waals surface area contributed by atoms with Crippen LogP contribution in [-0.2, 0) is 0 Å². The standard InChI is InChI=1S/C13H8F3N3/c14-8-5-7(6-9(15)11(8)16)12-13(17)19-4-2-1-3-10(19)18-12/h1-6H,17H2. The van der Waals surface area contributed by atoms with Crippen LogP contribution in [0.2, 0.25) is 0 Å². The van der Waals surface area contributed by atoms with Gasteiger partial charge in [-0.2, -0.15) is 0 Å². The van der Waals surface area contributed by atoms with E-state index in [1.54, 1.807) is 28.8 Å². The minimum absolute atomic E-state index is 0.0950. The number of nitrogen functional groups attached to an aromatic ring is 1. The molecule has 3 rings (SSSR count). The lowest BCUT2D eigenvalue weighted by atomic mass is 10.1. The molecule has 2 N–H and O–H groups in total. The van der Waals surface area contributed by atoms with E-state index in [2.05, 4.69) is 4.98 Å². The molecule has 0 aliphatic rings. The van der Waals surface area contributed by atoms with Crippen LogP contribution >= 0.6 is 0 Å². The van der Waals surface area contributed by atoms with Crippen LogP contribution in [-0.4, -0.2) is 9.38 Å². The second-order valence-corrected chi connectivity index (χ2v) is 4.03. The lowest BCUT2D eigenvalue weighted by Crippen LogP contribution is -1.96. The number of pyridine rings is 1. The molecule has 3 nitrogen and oxygen atoms in total. The summed E-state index contributed by atoms with van der Waals surface area (Å²) in [7, 11) is 0. The van der Waals surface area contributed by atoms with E-state index >= 15 is 0 Å². The monoisotopic (exact) mass is 263 g/mol. The van der Waals surface area contributed by atoms with Crippen molar-refractivity contribution in [1.29, 1.82) is 0 Å². The Balaban J connectivity index is 2.27. The molecule has 0 fully saturated rings. The van der Waals surface area contributed by atoms with E-state index < -0.39 is 17.5 Å². The van der Waals surface area contributed by atoms with Crippen molar-refractivity contribution in [3.05, 3.63) is 54.0 Å². The molecule has 0 unspecified atom stereocenters. The van der Waals surface area contributed by atoms with E-state index in [4.69, 9.17) is 5.73 Å². The molecule has 2 aromatic heterocycles. The predicted molar refractivity (Wildman–Crippen MR) is 64.9 cm³/mol. The van der Waals surface area contributed by atoms with Crippen LogP contribution in [0.4, 0.5) is 19.0 Å². The zero-order valence-corrected chi connectivity index (χ0v) is 9.57. The molecule has 0 saturated heterocycles. The maximum atomic E-state index is 13.2. The molecule has 19 heavy (non-hydrogen) atoms. The van der Waals surface area contributed by atoms with Gasteiger partial charge in [0.25, 0.3) is 0 Å². The molecule has 0 atom stereocenters. The number of imidazole rings is 1. The summed E-state index contributed by atoms with van der Waals surface area (Å²) in [5, 5.41) is 0. The minimum Gasteiger partial charge on any atom is -0.383 e. The quantitative estimate of drug-likeness (QED) is 0.686.